The van der Waals surface area contributed by atoms with E-state index in [1.807, 2.05) is 20.8 Å². The zero-order chi connectivity index (χ0) is 13.3. The molecular weight excluding hydrogens is 295 g/mol. The molecule has 1 rings (SSSR count). The summed E-state index contributed by atoms with van der Waals surface area (Å²) in [5, 5.41) is 3.20. The molecule has 0 bridgehead atoms. The first-order valence-electron chi connectivity index (χ1n) is 5.30. The van der Waals surface area contributed by atoms with Gasteiger partial charge in [0.25, 0.3) is 0 Å². The first-order valence-corrected chi connectivity index (χ1v) is 6.10. The quantitative estimate of drug-likeness (QED) is 0.822. The van der Waals surface area contributed by atoms with E-state index in [-0.39, 0.29) is 5.54 Å². The largest absolute Gasteiger partial charge is 0.416 e. The Balaban J connectivity index is 2.99. The van der Waals surface area contributed by atoms with Gasteiger partial charge in [-0.15, -0.1) is 0 Å². The highest BCUT2D eigenvalue weighted by Crippen LogP contribution is 2.34. The van der Waals surface area contributed by atoms with Crippen molar-refractivity contribution in [3.05, 3.63) is 28.2 Å². The summed E-state index contributed by atoms with van der Waals surface area (Å²) in [6.45, 7) is 6.01. The average molecular weight is 310 g/mol. The summed E-state index contributed by atoms with van der Waals surface area (Å²) in [4.78, 5) is 0. The minimum atomic E-state index is -4.30. The highest BCUT2D eigenvalue weighted by molar-refractivity contribution is 9.10. The molecular formula is C12H15BrF3N. The first-order chi connectivity index (χ1) is 7.65. The van der Waals surface area contributed by atoms with Gasteiger partial charge in [0.15, 0.2) is 0 Å². The third-order valence-corrected chi connectivity index (χ3v) is 3.31. The summed E-state index contributed by atoms with van der Waals surface area (Å²) in [6, 6.07) is 3.62. The van der Waals surface area contributed by atoms with E-state index >= 15 is 0 Å². The Bertz CT molecular complexity index is 399. The van der Waals surface area contributed by atoms with Crippen LogP contribution in [0.4, 0.5) is 18.9 Å². The fourth-order valence-electron chi connectivity index (χ4n) is 1.25. The van der Waals surface area contributed by atoms with Gasteiger partial charge in [0.2, 0.25) is 0 Å². The van der Waals surface area contributed by atoms with Crippen LogP contribution in [0.3, 0.4) is 0 Å². The van der Waals surface area contributed by atoms with Crippen molar-refractivity contribution in [3.8, 4) is 0 Å². The number of rotatable bonds is 3. The van der Waals surface area contributed by atoms with Crippen LogP contribution in [0.5, 0.6) is 0 Å². The van der Waals surface area contributed by atoms with Gasteiger partial charge in [-0.05, 0) is 54.4 Å². The molecule has 0 saturated carbocycles. The molecule has 0 radical (unpaired) electrons. The van der Waals surface area contributed by atoms with E-state index < -0.39 is 11.7 Å². The number of benzene rings is 1. The van der Waals surface area contributed by atoms with Crippen molar-refractivity contribution in [2.45, 2.75) is 38.9 Å². The van der Waals surface area contributed by atoms with Crippen LogP contribution in [0.2, 0.25) is 0 Å². The van der Waals surface area contributed by atoms with Crippen LogP contribution in [0.1, 0.15) is 32.8 Å². The number of hydrogen-bond donors (Lipinski definition) is 1. The van der Waals surface area contributed by atoms with Gasteiger partial charge in [0.05, 0.1) is 5.56 Å². The minimum absolute atomic E-state index is 0.151. The number of anilines is 1. The molecule has 0 aliphatic heterocycles. The first kappa shape index (κ1) is 14.4. The Morgan fingerprint density at radius 2 is 1.82 bits per heavy atom. The zero-order valence-electron chi connectivity index (χ0n) is 9.95. The smallest absolute Gasteiger partial charge is 0.379 e. The molecule has 96 valence electrons. The van der Waals surface area contributed by atoms with Crippen molar-refractivity contribution in [2.75, 3.05) is 5.32 Å². The lowest BCUT2D eigenvalue weighted by atomic mass is 10.0. The van der Waals surface area contributed by atoms with E-state index in [9.17, 15) is 13.2 Å². The molecule has 0 heterocycles. The SMILES string of the molecule is CCC(C)(C)Nc1ccc(C(F)(F)F)cc1Br. The Morgan fingerprint density at radius 3 is 2.24 bits per heavy atom. The van der Waals surface area contributed by atoms with Gasteiger partial charge in [-0.3, -0.25) is 0 Å². The second-order valence-corrected chi connectivity index (χ2v) is 5.41. The van der Waals surface area contributed by atoms with E-state index in [2.05, 4.69) is 21.2 Å². The topological polar surface area (TPSA) is 12.0 Å². The molecule has 1 nitrogen and oxygen atoms in total. The van der Waals surface area contributed by atoms with Gasteiger partial charge in [-0.1, -0.05) is 6.92 Å². The molecule has 0 spiro atoms. The summed E-state index contributed by atoms with van der Waals surface area (Å²) in [7, 11) is 0. The number of nitrogens with one attached hydrogen (secondary N) is 1. The second kappa shape index (κ2) is 4.88. The Hall–Kier alpha value is -0.710. The predicted octanol–water partition coefficient (Wildman–Crippen LogP) is 5.07. The molecule has 1 aromatic rings. The average Bonchev–Trinajstić information content (AvgIpc) is 2.19. The lowest BCUT2D eigenvalue weighted by molar-refractivity contribution is -0.137. The standard InChI is InChI=1S/C12H15BrF3N/c1-4-11(2,3)17-10-6-5-8(7-9(10)13)12(14,15)16/h5-7,17H,4H2,1-3H3. The lowest BCUT2D eigenvalue weighted by Crippen LogP contribution is -2.29. The molecule has 0 atom stereocenters. The van der Waals surface area contributed by atoms with Crippen molar-refractivity contribution >= 4 is 21.6 Å². The van der Waals surface area contributed by atoms with Crippen molar-refractivity contribution in [1.82, 2.24) is 0 Å². The Morgan fingerprint density at radius 1 is 1.24 bits per heavy atom. The predicted molar refractivity (Wildman–Crippen MR) is 67.1 cm³/mol. The maximum absolute atomic E-state index is 12.5. The van der Waals surface area contributed by atoms with E-state index in [1.54, 1.807) is 0 Å². The summed E-state index contributed by atoms with van der Waals surface area (Å²) in [5.74, 6) is 0. The Labute approximate surface area is 108 Å². The van der Waals surface area contributed by atoms with Gasteiger partial charge >= 0.3 is 6.18 Å². The number of halogens is 4. The maximum atomic E-state index is 12.5. The Kier molecular flexibility index (Phi) is 4.12. The summed E-state index contributed by atoms with van der Waals surface area (Å²) in [6.07, 6.45) is -3.43. The van der Waals surface area contributed by atoms with Crippen LogP contribution in [0, 0.1) is 0 Å². The third kappa shape index (κ3) is 3.91. The van der Waals surface area contributed by atoms with Crippen molar-refractivity contribution in [1.29, 1.82) is 0 Å². The van der Waals surface area contributed by atoms with Crippen molar-refractivity contribution in [2.24, 2.45) is 0 Å². The molecule has 0 fully saturated rings. The molecule has 0 unspecified atom stereocenters. The normalized spacial score (nSPS) is 12.6. The van der Waals surface area contributed by atoms with Crippen LogP contribution in [-0.2, 0) is 6.18 Å². The number of hydrogen-bond acceptors (Lipinski definition) is 1. The van der Waals surface area contributed by atoms with Crippen LogP contribution in [0.15, 0.2) is 22.7 Å². The van der Waals surface area contributed by atoms with E-state index in [1.165, 1.54) is 6.07 Å². The monoisotopic (exact) mass is 309 g/mol. The fourth-order valence-corrected chi connectivity index (χ4v) is 1.72. The minimum Gasteiger partial charge on any atom is -0.379 e. The van der Waals surface area contributed by atoms with Gasteiger partial charge < -0.3 is 5.32 Å². The van der Waals surface area contributed by atoms with Gasteiger partial charge in [0.1, 0.15) is 0 Å². The molecule has 0 aromatic heterocycles. The van der Waals surface area contributed by atoms with E-state index in [0.717, 1.165) is 18.6 Å². The molecule has 0 aliphatic rings. The molecule has 17 heavy (non-hydrogen) atoms. The number of alkyl halides is 3. The van der Waals surface area contributed by atoms with E-state index in [0.29, 0.717) is 10.2 Å². The molecule has 0 amide bonds. The highest BCUT2D eigenvalue weighted by Gasteiger charge is 2.31. The maximum Gasteiger partial charge on any atom is 0.416 e. The van der Waals surface area contributed by atoms with Crippen LogP contribution < -0.4 is 5.32 Å². The fraction of sp³-hybridized carbons (Fsp3) is 0.500. The van der Waals surface area contributed by atoms with Gasteiger partial charge in [-0.25, -0.2) is 0 Å². The molecule has 5 heteroatoms. The molecule has 1 aromatic carbocycles. The lowest BCUT2D eigenvalue weighted by Gasteiger charge is -2.27. The van der Waals surface area contributed by atoms with E-state index in [4.69, 9.17) is 0 Å². The van der Waals surface area contributed by atoms with Crippen molar-refractivity contribution in [3.63, 3.8) is 0 Å². The van der Waals surface area contributed by atoms with Crippen LogP contribution >= 0.6 is 15.9 Å². The van der Waals surface area contributed by atoms with Gasteiger partial charge in [-0.2, -0.15) is 13.2 Å². The van der Waals surface area contributed by atoms with Crippen molar-refractivity contribution < 1.29 is 13.2 Å². The third-order valence-electron chi connectivity index (χ3n) is 2.65. The summed E-state index contributed by atoms with van der Waals surface area (Å²) in [5.41, 5.74) is -0.128. The molecule has 0 saturated heterocycles. The van der Waals surface area contributed by atoms with Crippen LogP contribution in [-0.4, -0.2) is 5.54 Å². The zero-order valence-corrected chi connectivity index (χ0v) is 11.5. The van der Waals surface area contributed by atoms with Crippen LogP contribution in [0.25, 0.3) is 0 Å². The highest BCUT2D eigenvalue weighted by atomic mass is 79.9. The summed E-state index contributed by atoms with van der Waals surface area (Å²) < 4.78 is 37.8. The van der Waals surface area contributed by atoms with Gasteiger partial charge in [0, 0.05) is 15.7 Å². The molecule has 1 N–H and O–H groups in total. The second-order valence-electron chi connectivity index (χ2n) is 4.55. The summed E-state index contributed by atoms with van der Waals surface area (Å²) >= 11 is 3.16. The molecule has 0 aliphatic carbocycles.